The highest BCUT2D eigenvalue weighted by atomic mass is 35.5. The number of nitrogens with zero attached hydrogens (tertiary/aromatic N) is 2. The van der Waals surface area contributed by atoms with Crippen molar-refractivity contribution in [1.82, 2.24) is 14.9 Å². The number of imidazole rings is 1. The lowest BCUT2D eigenvalue weighted by Crippen LogP contribution is -2.39. The SMILES string of the molecule is Cn1c(Cl)cnc1CNC1CCCCCC1O. The molecule has 1 saturated carbocycles. The first-order valence-electron chi connectivity index (χ1n) is 6.26. The first kappa shape index (κ1) is 12.9. The Morgan fingerprint density at radius 2 is 2.24 bits per heavy atom. The van der Waals surface area contributed by atoms with Crippen LogP contribution in [0.15, 0.2) is 6.20 Å². The zero-order chi connectivity index (χ0) is 12.3. The molecule has 1 fully saturated rings. The Kier molecular flexibility index (Phi) is 4.42. The fourth-order valence-electron chi connectivity index (χ4n) is 2.34. The van der Waals surface area contributed by atoms with Gasteiger partial charge in [-0.25, -0.2) is 4.98 Å². The van der Waals surface area contributed by atoms with Gasteiger partial charge in [-0.3, -0.25) is 0 Å². The van der Waals surface area contributed by atoms with E-state index in [1.165, 1.54) is 12.8 Å². The third kappa shape index (κ3) is 3.21. The number of nitrogens with one attached hydrogen (secondary N) is 1. The van der Waals surface area contributed by atoms with Crippen molar-refractivity contribution in [2.45, 2.75) is 50.8 Å². The van der Waals surface area contributed by atoms with E-state index >= 15 is 0 Å². The Balaban J connectivity index is 1.90. The van der Waals surface area contributed by atoms with Crippen molar-refractivity contribution in [2.24, 2.45) is 7.05 Å². The quantitative estimate of drug-likeness (QED) is 0.813. The van der Waals surface area contributed by atoms with Crippen molar-refractivity contribution in [3.05, 3.63) is 17.2 Å². The zero-order valence-corrected chi connectivity index (χ0v) is 11.0. The summed E-state index contributed by atoms with van der Waals surface area (Å²) in [6.07, 6.45) is 6.92. The molecule has 1 aromatic heterocycles. The molecule has 0 radical (unpaired) electrons. The van der Waals surface area contributed by atoms with Crippen LogP contribution in [-0.2, 0) is 13.6 Å². The van der Waals surface area contributed by atoms with E-state index < -0.39 is 0 Å². The van der Waals surface area contributed by atoms with Crippen LogP contribution in [0, 0.1) is 0 Å². The molecule has 1 heterocycles. The van der Waals surface area contributed by atoms with Crippen LogP contribution in [0.4, 0.5) is 0 Å². The minimum Gasteiger partial charge on any atom is -0.392 e. The molecular weight excluding hydrogens is 238 g/mol. The highest BCUT2D eigenvalue weighted by Crippen LogP contribution is 2.18. The monoisotopic (exact) mass is 257 g/mol. The largest absolute Gasteiger partial charge is 0.392 e. The van der Waals surface area contributed by atoms with Gasteiger partial charge in [0.1, 0.15) is 11.0 Å². The summed E-state index contributed by atoms with van der Waals surface area (Å²) in [5.41, 5.74) is 0. The van der Waals surface area contributed by atoms with Gasteiger partial charge in [0.25, 0.3) is 0 Å². The first-order valence-corrected chi connectivity index (χ1v) is 6.64. The Bertz CT molecular complexity index is 367. The third-order valence-electron chi connectivity index (χ3n) is 3.53. The normalized spacial score (nSPS) is 25.8. The van der Waals surface area contributed by atoms with E-state index in [9.17, 15) is 5.11 Å². The van der Waals surface area contributed by atoms with Gasteiger partial charge in [0.2, 0.25) is 0 Å². The van der Waals surface area contributed by atoms with E-state index in [4.69, 9.17) is 11.6 Å². The van der Waals surface area contributed by atoms with Gasteiger partial charge in [0, 0.05) is 13.1 Å². The second kappa shape index (κ2) is 5.85. The first-order chi connectivity index (χ1) is 8.18. The van der Waals surface area contributed by atoms with Gasteiger partial charge in [-0.2, -0.15) is 0 Å². The zero-order valence-electron chi connectivity index (χ0n) is 10.2. The van der Waals surface area contributed by atoms with Crippen molar-refractivity contribution in [3.63, 3.8) is 0 Å². The second-order valence-corrected chi connectivity index (χ2v) is 5.14. The fourth-order valence-corrected chi connectivity index (χ4v) is 2.48. The number of rotatable bonds is 3. The van der Waals surface area contributed by atoms with Crippen molar-refractivity contribution < 1.29 is 5.11 Å². The van der Waals surface area contributed by atoms with Crippen molar-refractivity contribution in [1.29, 1.82) is 0 Å². The molecule has 2 rings (SSSR count). The molecule has 1 aromatic rings. The van der Waals surface area contributed by atoms with Crippen LogP contribution in [0.1, 0.15) is 37.9 Å². The second-order valence-electron chi connectivity index (χ2n) is 4.75. The molecule has 0 aliphatic heterocycles. The van der Waals surface area contributed by atoms with Crippen LogP contribution in [-0.4, -0.2) is 26.8 Å². The molecule has 0 amide bonds. The standard InChI is InChI=1S/C12H20ClN3O/c1-16-11(13)7-15-12(16)8-14-9-5-3-2-4-6-10(9)17/h7,9-10,14,17H,2-6,8H2,1H3. The minimum atomic E-state index is -0.228. The minimum absolute atomic E-state index is 0.188. The molecule has 4 nitrogen and oxygen atoms in total. The number of aliphatic hydroxyl groups is 1. The van der Waals surface area contributed by atoms with E-state index in [1.807, 2.05) is 11.6 Å². The summed E-state index contributed by atoms with van der Waals surface area (Å²) in [7, 11) is 1.90. The summed E-state index contributed by atoms with van der Waals surface area (Å²) >= 11 is 5.93. The Hall–Kier alpha value is -0.580. The molecule has 17 heavy (non-hydrogen) atoms. The summed E-state index contributed by atoms with van der Waals surface area (Å²) in [5, 5.41) is 14.0. The maximum atomic E-state index is 9.99. The summed E-state index contributed by atoms with van der Waals surface area (Å²) < 4.78 is 1.86. The molecule has 2 atom stereocenters. The molecule has 1 aliphatic rings. The summed E-state index contributed by atoms with van der Waals surface area (Å²) in [6, 6.07) is 0.188. The number of halogens is 1. The van der Waals surface area contributed by atoms with Crippen molar-refractivity contribution in [2.75, 3.05) is 0 Å². The van der Waals surface area contributed by atoms with Crippen LogP contribution >= 0.6 is 11.6 Å². The summed E-state index contributed by atoms with van der Waals surface area (Å²) in [5.74, 6) is 0.909. The molecule has 2 unspecified atom stereocenters. The fraction of sp³-hybridized carbons (Fsp3) is 0.750. The smallest absolute Gasteiger partial charge is 0.128 e. The predicted octanol–water partition coefficient (Wildman–Crippen LogP) is 1.86. The van der Waals surface area contributed by atoms with E-state index in [2.05, 4.69) is 10.3 Å². The van der Waals surface area contributed by atoms with Gasteiger partial charge >= 0.3 is 0 Å². The number of hydrogen-bond acceptors (Lipinski definition) is 3. The van der Waals surface area contributed by atoms with E-state index in [1.54, 1.807) is 6.20 Å². The molecule has 2 N–H and O–H groups in total. The maximum absolute atomic E-state index is 9.99. The molecular formula is C12H20ClN3O. The van der Waals surface area contributed by atoms with E-state index in [0.717, 1.165) is 25.1 Å². The number of hydrogen-bond donors (Lipinski definition) is 2. The average Bonchev–Trinajstić information content (AvgIpc) is 2.53. The molecule has 1 aliphatic carbocycles. The van der Waals surface area contributed by atoms with Gasteiger partial charge in [-0.15, -0.1) is 0 Å². The Morgan fingerprint density at radius 3 is 2.94 bits per heavy atom. The van der Waals surface area contributed by atoms with E-state index in [-0.39, 0.29) is 12.1 Å². The van der Waals surface area contributed by atoms with Crippen LogP contribution in [0.2, 0.25) is 5.15 Å². The maximum Gasteiger partial charge on any atom is 0.128 e. The summed E-state index contributed by atoms with van der Waals surface area (Å²) in [4.78, 5) is 4.24. The molecule has 0 aromatic carbocycles. The highest BCUT2D eigenvalue weighted by Gasteiger charge is 2.21. The molecule has 96 valence electrons. The lowest BCUT2D eigenvalue weighted by atomic mass is 10.1. The van der Waals surface area contributed by atoms with E-state index in [0.29, 0.717) is 11.7 Å². The van der Waals surface area contributed by atoms with Crippen molar-refractivity contribution in [3.8, 4) is 0 Å². The van der Waals surface area contributed by atoms with Gasteiger partial charge in [0.05, 0.1) is 18.8 Å². The number of aliphatic hydroxyl groups excluding tert-OH is 1. The van der Waals surface area contributed by atoms with Crippen LogP contribution in [0.5, 0.6) is 0 Å². The van der Waals surface area contributed by atoms with Gasteiger partial charge in [-0.1, -0.05) is 30.9 Å². The lowest BCUT2D eigenvalue weighted by molar-refractivity contribution is 0.119. The number of aromatic nitrogens is 2. The van der Waals surface area contributed by atoms with Crippen molar-refractivity contribution >= 4 is 11.6 Å². The Morgan fingerprint density at radius 1 is 1.47 bits per heavy atom. The molecule has 5 heteroatoms. The highest BCUT2D eigenvalue weighted by molar-refractivity contribution is 6.29. The van der Waals surface area contributed by atoms with Gasteiger partial charge in [-0.05, 0) is 12.8 Å². The van der Waals surface area contributed by atoms with Gasteiger partial charge in [0.15, 0.2) is 0 Å². The molecule has 0 spiro atoms. The van der Waals surface area contributed by atoms with Gasteiger partial charge < -0.3 is 15.0 Å². The summed E-state index contributed by atoms with van der Waals surface area (Å²) in [6.45, 7) is 0.658. The molecule has 0 bridgehead atoms. The third-order valence-corrected chi connectivity index (χ3v) is 3.88. The Labute approximate surface area is 107 Å². The predicted molar refractivity (Wildman–Crippen MR) is 67.9 cm³/mol. The lowest BCUT2D eigenvalue weighted by Gasteiger charge is -2.21. The molecule has 0 saturated heterocycles. The van der Waals surface area contributed by atoms with Crippen LogP contribution in [0.25, 0.3) is 0 Å². The van der Waals surface area contributed by atoms with Crippen LogP contribution in [0.3, 0.4) is 0 Å². The average molecular weight is 258 g/mol. The van der Waals surface area contributed by atoms with Crippen LogP contribution < -0.4 is 5.32 Å². The topological polar surface area (TPSA) is 50.1 Å².